The van der Waals surface area contributed by atoms with Crippen LogP contribution in [0.15, 0.2) is 12.1 Å². The summed E-state index contributed by atoms with van der Waals surface area (Å²) < 4.78 is 0. The van der Waals surface area contributed by atoms with Gasteiger partial charge in [-0.1, -0.05) is 6.42 Å². The van der Waals surface area contributed by atoms with Crippen molar-refractivity contribution in [2.45, 2.75) is 45.2 Å². The third-order valence-corrected chi connectivity index (χ3v) is 5.72. The average molecular weight is 292 g/mol. The topological polar surface area (TPSA) is 23.6 Å². The molecule has 2 atom stereocenters. The van der Waals surface area contributed by atoms with Gasteiger partial charge in [-0.15, -0.1) is 11.3 Å². The molecule has 2 unspecified atom stereocenters. The van der Waals surface area contributed by atoms with Gasteiger partial charge in [-0.05, 0) is 45.4 Å². The molecule has 3 nitrogen and oxygen atoms in total. The van der Waals surface area contributed by atoms with Gasteiger partial charge < -0.3 is 0 Å². The van der Waals surface area contributed by atoms with E-state index in [4.69, 9.17) is 0 Å². The van der Waals surface area contributed by atoms with Crippen molar-refractivity contribution < 1.29 is 4.79 Å². The molecular formula is C16H24N2OS. The summed E-state index contributed by atoms with van der Waals surface area (Å²) in [6, 6.07) is 5.19. The van der Waals surface area contributed by atoms with Crippen molar-refractivity contribution in [3.8, 4) is 0 Å². The fourth-order valence-corrected chi connectivity index (χ4v) is 4.28. The summed E-state index contributed by atoms with van der Waals surface area (Å²) in [5.41, 5.74) is 0. The lowest BCUT2D eigenvalue weighted by atomic mass is 9.97. The van der Waals surface area contributed by atoms with Crippen LogP contribution in [0.1, 0.15) is 40.7 Å². The number of aryl methyl sites for hydroxylation is 1. The van der Waals surface area contributed by atoms with Gasteiger partial charge in [-0.3, -0.25) is 14.6 Å². The molecule has 0 saturated carbocycles. The van der Waals surface area contributed by atoms with Crippen molar-refractivity contribution >= 4 is 17.1 Å². The summed E-state index contributed by atoms with van der Waals surface area (Å²) in [5.74, 6) is 0.291. The average Bonchev–Trinajstić information content (AvgIpc) is 2.86. The highest BCUT2D eigenvalue weighted by atomic mass is 32.1. The van der Waals surface area contributed by atoms with Crippen molar-refractivity contribution in [3.05, 3.63) is 21.9 Å². The molecule has 2 aliphatic rings. The third kappa shape index (κ3) is 2.97. The van der Waals surface area contributed by atoms with Gasteiger partial charge in [0.05, 0.1) is 11.4 Å². The van der Waals surface area contributed by atoms with E-state index in [9.17, 15) is 4.79 Å². The van der Waals surface area contributed by atoms with E-state index >= 15 is 0 Å². The molecule has 1 aromatic rings. The highest BCUT2D eigenvalue weighted by molar-refractivity contribution is 7.14. The lowest BCUT2D eigenvalue weighted by Gasteiger charge is -2.47. The summed E-state index contributed by atoms with van der Waals surface area (Å²) in [6.45, 7) is 8.35. The second kappa shape index (κ2) is 5.96. The third-order valence-electron chi connectivity index (χ3n) is 4.68. The number of thiophene rings is 1. The van der Waals surface area contributed by atoms with Crippen LogP contribution in [0.4, 0.5) is 0 Å². The summed E-state index contributed by atoms with van der Waals surface area (Å²) >= 11 is 1.62. The Morgan fingerprint density at radius 2 is 2.20 bits per heavy atom. The quantitative estimate of drug-likeness (QED) is 0.800. The molecule has 0 spiro atoms. The maximum atomic E-state index is 12.4. The standard InChI is InChI=1S/C16H24N2OS/c1-12-9-17-8-4-3-5-14(17)10-18(12)11-15(19)16-7-6-13(2)20-16/h6-7,12,14H,3-5,8-11H2,1-2H3. The number of rotatable bonds is 3. The van der Waals surface area contributed by atoms with E-state index in [1.165, 1.54) is 30.7 Å². The van der Waals surface area contributed by atoms with Crippen LogP contribution in [0.2, 0.25) is 0 Å². The Kier molecular flexibility index (Phi) is 4.24. The number of piperazine rings is 1. The predicted octanol–water partition coefficient (Wildman–Crippen LogP) is 2.80. The van der Waals surface area contributed by atoms with Gasteiger partial charge in [0, 0.05) is 30.1 Å². The number of ketones is 1. The van der Waals surface area contributed by atoms with E-state index < -0.39 is 0 Å². The van der Waals surface area contributed by atoms with Crippen LogP contribution >= 0.6 is 11.3 Å². The number of carbonyl (C=O) groups excluding carboxylic acids is 1. The molecule has 3 heterocycles. The van der Waals surface area contributed by atoms with Crippen molar-refractivity contribution in [2.75, 3.05) is 26.2 Å². The molecular weight excluding hydrogens is 268 g/mol. The van der Waals surface area contributed by atoms with Crippen LogP contribution in [-0.4, -0.2) is 53.8 Å². The van der Waals surface area contributed by atoms with E-state index in [1.54, 1.807) is 11.3 Å². The zero-order chi connectivity index (χ0) is 14.1. The van der Waals surface area contributed by atoms with E-state index in [0.717, 1.165) is 18.0 Å². The fraction of sp³-hybridized carbons (Fsp3) is 0.688. The molecule has 110 valence electrons. The maximum Gasteiger partial charge on any atom is 0.186 e. The summed E-state index contributed by atoms with van der Waals surface area (Å²) in [4.78, 5) is 19.5. The number of carbonyl (C=O) groups is 1. The molecule has 0 aliphatic carbocycles. The first-order valence-electron chi connectivity index (χ1n) is 7.71. The number of piperidine rings is 1. The Hall–Kier alpha value is -0.710. The normalized spacial score (nSPS) is 28.3. The van der Waals surface area contributed by atoms with E-state index in [2.05, 4.69) is 23.6 Å². The van der Waals surface area contributed by atoms with Gasteiger partial charge in [0.25, 0.3) is 0 Å². The van der Waals surface area contributed by atoms with E-state index in [0.29, 0.717) is 24.4 Å². The molecule has 1 aromatic heterocycles. The second-order valence-corrected chi connectivity index (χ2v) is 7.54. The number of Topliss-reactive ketones (excluding diaryl/α,β-unsaturated/α-hetero) is 1. The minimum atomic E-state index is 0.291. The maximum absolute atomic E-state index is 12.4. The fourth-order valence-electron chi connectivity index (χ4n) is 3.48. The summed E-state index contributed by atoms with van der Waals surface area (Å²) in [6.07, 6.45) is 3.99. The van der Waals surface area contributed by atoms with E-state index in [1.807, 2.05) is 12.1 Å². The van der Waals surface area contributed by atoms with Gasteiger partial charge in [-0.25, -0.2) is 0 Å². The van der Waals surface area contributed by atoms with Crippen molar-refractivity contribution in [3.63, 3.8) is 0 Å². The van der Waals surface area contributed by atoms with Crippen molar-refractivity contribution in [1.29, 1.82) is 0 Å². The number of hydrogen-bond acceptors (Lipinski definition) is 4. The molecule has 0 N–H and O–H groups in total. The number of hydrogen-bond donors (Lipinski definition) is 0. The Bertz CT molecular complexity index is 485. The number of fused-ring (bicyclic) bond motifs is 1. The van der Waals surface area contributed by atoms with Crippen molar-refractivity contribution in [1.82, 2.24) is 9.80 Å². The molecule has 0 radical (unpaired) electrons. The van der Waals surface area contributed by atoms with Crippen molar-refractivity contribution in [2.24, 2.45) is 0 Å². The molecule has 2 aliphatic heterocycles. The lowest BCUT2D eigenvalue weighted by Crippen LogP contribution is -2.59. The van der Waals surface area contributed by atoms with Crippen LogP contribution < -0.4 is 0 Å². The van der Waals surface area contributed by atoms with Gasteiger partial charge in [0.15, 0.2) is 5.78 Å². The first-order valence-corrected chi connectivity index (χ1v) is 8.53. The molecule has 4 heteroatoms. The number of nitrogens with zero attached hydrogens (tertiary/aromatic N) is 2. The highest BCUT2D eigenvalue weighted by Gasteiger charge is 2.33. The smallest absolute Gasteiger partial charge is 0.186 e. The Labute approximate surface area is 125 Å². The lowest BCUT2D eigenvalue weighted by molar-refractivity contribution is 0.0167. The van der Waals surface area contributed by atoms with Gasteiger partial charge in [-0.2, -0.15) is 0 Å². The van der Waals surface area contributed by atoms with Crippen LogP contribution in [-0.2, 0) is 0 Å². The minimum Gasteiger partial charge on any atom is -0.298 e. The molecule has 2 fully saturated rings. The SMILES string of the molecule is Cc1ccc(C(=O)CN2CC3CCCCN3CC2C)s1. The molecule has 2 saturated heterocycles. The Balaban J connectivity index is 1.63. The largest absolute Gasteiger partial charge is 0.298 e. The molecule has 0 amide bonds. The minimum absolute atomic E-state index is 0.291. The van der Waals surface area contributed by atoms with Crippen LogP contribution in [0, 0.1) is 6.92 Å². The highest BCUT2D eigenvalue weighted by Crippen LogP contribution is 2.24. The van der Waals surface area contributed by atoms with Gasteiger partial charge >= 0.3 is 0 Å². The first kappa shape index (κ1) is 14.2. The predicted molar refractivity (Wildman–Crippen MR) is 83.6 cm³/mol. The second-order valence-electron chi connectivity index (χ2n) is 6.26. The summed E-state index contributed by atoms with van der Waals surface area (Å²) in [7, 11) is 0. The molecule has 0 bridgehead atoms. The Morgan fingerprint density at radius 3 is 2.95 bits per heavy atom. The zero-order valence-corrected chi connectivity index (χ0v) is 13.3. The summed E-state index contributed by atoms with van der Waals surface area (Å²) in [5, 5.41) is 0. The zero-order valence-electron chi connectivity index (χ0n) is 12.5. The molecule has 20 heavy (non-hydrogen) atoms. The van der Waals surface area contributed by atoms with Gasteiger partial charge in [0.1, 0.15) is 0 Å². The molecule has 3 rings (SSSR count). The monoisotopic (exact) mass is 292 g/mol. The van der Waals surface area contributed by atoms with Gasteiger partial charge in [0.2, 0.25) is 0 Å². The first-order chi connectivity index (χ1) is 9.63. The van der Waals surface area contributed by atoms with E-state index in [-0.39, 0.29) is 0 Å². The van der Waals surface area contributed by atoms with Crippen LogP contribution in [0.5, 0.6) is 0 Å². The Morgan fingerprint density at radius 1 is 1.35 bits per heavy atom. The van der Waals surface area contributed by atoms with Crippen LogP contribution in [0.25, 0.3) is 0 Å². The van der Waals surface area contributed by atoms with Crippen LogP contribution in [0.3, 0.4) is 0 Å². The molecule has 0 aromatic carbocycles.